The van der Waals surface area contributed by atoms with Crippen LogP contribution in [0.5, 0.6) is 5.75 Å². The van der Waals surface area contributed by atoms with E-state index in [1.807, 2.05) is 24.3 Å². The number of anilines is 1. The normalized spacial score (nSPS) is 16.3. The Balaban J connectivity index is 2.05. The lowest BCUT2D eigenvalue weighted by molar-refractivity contribution is 0.415. The summed E-state index contributed by atoms with van der Waals surface area (Å²) >= 11 is 0. The predicted octanol–water partition coefficient (Wildman–Crippen LogP) is 3.18. The second kappa shape index (κ2) is 4.61. The first kappa shape index (κ1) is 12.1. The van der Waals surface area contributed by atoms with Gasteiger partial charge in [-0.3, -0.25) is 5.10 Å². The average molecular weight is 257 g/mol. The highest BCUT2D eigenvalue weighted by molar-refractivity contribution is 5.77. The summed E-state index contributed by atoms with van der Waals surface area (Å²) < 4.78 is 5.28. The van der Waals surface area contributed by atoms with Crippen molar-refractivity contribution in [3.05, 3.63) is 30.0 Å². The average Bonchev–Trinajstić information content (AvgIpc) is 3.21. The Hall–Kier alpha value is -1.97. The Morgan fingerprint density at radius 3 is 2.89 bits per heavy atom. The zero-order chi connectivity index (χ0) is 13.4. The summed E-state index contributed by atoms with van der Waals surface area (Å²) in [6, 6.07) is 7.97. The molecule has 1 fully saturated rings. The molecule has 1 saturated carbocycles. The molecular formula is C15H19N3O. The molecule has 1 heterocycles. The van der Waals surface area contributed by atoms with Crippen LogP contribution in [-0.2, 0) is 0 Å². The molecule has 19 heavy (non-hydrogen) atoms. The number of nitrogens with one attached hydrogen (secondary N) is 1. The summed E-state index contributed by atoms with van der Waals surface area (Å²) in [5.41, 5.74) is 9.28. The maximum atomic E-state index is 6.04. The SMILES string of the molecule is COc1cccc(-c2c(N)n[nH]c2C(C)C2CC2)c1. The molecule has 1 aromatic heterocycles. The van der Waals surface area contributed by atoms with E-state index in [1.165, 1.54) is 12.8 Å². The molecule has 1 aliphatic rings. The van der Waals surface area contributed by atoms with E-state index in [2.05, 4.69) is 17.1 Å². The van der Waals surface area contributed by atoms with Crippen LogP contribution in [0.25, 0.3) is 11.1 Å². The Labute approximate surface area is 113 Å². The van der Waals surface area contributed by atoms with E-state index < -0.39 is 0 Å². The molecule has 0 saturated heterocycles. The van der Waals surface area contributed by atoms with Crippen LogP contribution in [0.1, 0.15) is 31.4 Å². The number of benzene rings is 1. The van der Waals surface area contributed by atoms with E-state index in [4.69, 9.17) is 10.5 Å². The van der Waals surface area contributed by atoms with Gasteiger partial charge in [-0.1, -0.05) is 19.1 Å². The third-order valence-corrected chi connectivity index (χ3v) is 3.97. The van der Waals surface area contributed by atoms with E-state index in [-0.39, 0.29) is 0 Å². The number of ether oxygens (including phenoxy) is 1. The minimum Gasteiger partial charge on any atom is -0.497 e. The number of nitrogens with two attached hydrogens (primary N) is 1. The van der Waals surface area contributed by atoms with Crippen LogP contribution in [0.3, 0.4) is 0 Å². The van der Waals surface area contributed by atoms with Crippen molar-refractivity contribution >= 4 is 5.82 Å². The van der Waals surface area contributed by atoms with Crippen molar-refractivity contribution in [1.29, 1.82) is 0 Å². The molecular weight excluding hydrogens is 238 g/mol. The highest BCUT2D eigenvalue weighted by atomic mass is 16.5. The molecule has 0 bridgehead atoms. The van der Waals surface area contributed by atoms with E-state index >= 15 is 0 Å². The molecule has 0 amide bonds. The largest absolute Gasteiger partial charge is 0.497 e. The number of hydrogen-bond acceptors (Lipinski definition) is 3. The van der Waals surface area contributed by atoms with Crippen LogP contribution >= 0.6 is 0 Å². The van der Waals surface area contributed by atoms with Gasteiger partial charge in [0, 0.05) is 17.2 Å². The summed E-state index contributed by atoms with van der Waals surface area (Å²) in [4.78, 5) is 0. The van der Waals surface area contributed by atoms with Crippen molar-refractivity contribution in [3.8, 4) is 16.9 Å². The van der Waals surface area contributed by atoms with Gasteiger partial charge in [-0.2, -0.15) is 5.10 Å². The summed E-state index contributed by atoms with van der Waals surface area (Å²) in [5.74, 6) is 2.65. The number of methoxy groups -OCH3 is 1. The monoisotopic (exact) mass is 257 g/mol. The molecule has 1 unspecified atom stereocenters. The first-order valence-electron chi connectivity index (χ1n) is 6.69. The summed E-state index contributed by atoms with van der Waals surface area (Å²) in [6.07, 6.45) is 2.61. The second-order valence-electron chi connectivity index (χ2n) is 5.26. The van der Waals surface area contributed by atoms with Gasteiger partial charge in [0.25, 0.3) is 0 Å². The summed E-state index contributed by atoms with van der Waals surface area (Å²) in [7, 11) is 1.67. The third kappa shape index (κ3) is 2.18. The van der Waals surface area contributed by atoms with Gasteiger partial charge in [-0.15, -0.1) is 0 Å². The fraction of sp³-hybridized carbons (Fsp3) is 0.400. The van der Waals surface area contributed by atoms with Crippen molar-refractivity contribution in [3.63, 3.8) is 0 Å². The Kier molecular flexibility index (Phi) is 2.93. The minimum absolute atomic E-state index is 0.478. The number of aromatic nitrogens is 2. The molecule has 0 aliphatic heterocycles. The zero-order valence-corrected chi connectivity index (χ0v) is 11.3. The van der Waals surface area contributed by atoms with Gasteiger partial charge >= 0.3 is 0 Å². The number of nitrogens with zero attached hydrogens (tertiary/aromatic N) is 1. The van der Waals surface area contributed by atoms with Gasteiger partial charge in [-0.25, -0.2) is 0 Å². The van der Waals surface area contributed by atoms with Gasteiger partial charge in [0.05, 0.1) is 7.11 Å². The maximum absolute atomic E-state index is 6.04. The lowest BCUT2D eigenvalue weighted by Gasteiger charge is -2.12. The number of H-pyrrole nitrogens is 1. The summed E-state index contributed by atoms with van der Waals surface area (Å²) in [5, 5.41) is 7.31. The maximum Gasteiger partial charge on any atom is 0.153 e. The molecule has 4 heteroatoms. The molecule has 1 aromatic carbocycles. The molecule has 1 aliphatic carbocycles. The third-order valence-electron chi connectivity index (χ3n) is 3.97. The lowest BCUT2D eigenvalue weighted by Crippen LogP contribution is -1.99. The van der Waals surface area contributed by atoms with Crippen LogP contribution in [0.15, 0.2) is 24.3 Å². The molecule has 3 N–H and O–H groups in total. The quantitative estimate of drug-likeness (QED) is 0.884. The highest BCUT2D eigenvalue weighted by Crippen LogP contribution is 2.45. The molecule has 0 radical (unpaired) electrons. The van der Waals surface area contributed by atoms with Crippen molar-refractivity contribution in [2.24, 2.45) is 5.92 Å². The van der Waals surface area contributed by atoms with Gasteiger partial charge in [0.15, 0.2) is 5.82 Å². The first-order valence-corrected chi connectivity index (χ1v) is 6.69. The number of aromatic amines is 1. The highest BCUT2D eigenvalue weighted by Gasteiger charge is 2.32. The van der Waals surface area contributed by atoms with Gasteiger partial charge in [-0.05, 0) is 36.5 Å². The minimum atomic E-state index is 0.478. The molecule has 2 aromatic rings. The van der Waals surface area contributed by atoms with Crippen molar-refractivity contribution in [2.75, 3.05) is 12.8 Å². The van der Waals surface area contributed by atoms with Crippen LogP contribution in [0.2, 0.25) is 0 Å². The molecule has 4 nitrogen and oxygen atoms in total. The van der Waals surface area contributed by atoms with Crippen molar-refractivity contribution in [1.82, 2.24) is 10.2 Å². The van der Waals surface area contributed by atoms with E-state index in [0.717, 1.165) is 28.5 Å². The Morgan fingerprint density at radius 2 is 2.21 bits per heavy atom. The first-order chi connectivity index (χ1) is 9.20. The smallest absolute Gasteiger partial charge is 0.153 e. The molecule has 100 valence electrons. The van der Waals surface area contributed by atoms with Crippen molar-refractivity contribution < 1.29 is 4.74 Å². The van der Waals surface area contributed by atoms with Gasteiger partial charge in [0.1, 0.15) is 5.75 Å². The van der Waals surface area contributed by atoms with E-state index in [0.29, 0.717) is 11.7 Å². The Bertz CT molecular complexity index is 587. The van der Waals surface area contributed by atoms with Crippen molar-refractivity contribution in [2.45, 2.75) is 25.7 Å². The van der Waals surface area contributed by atoms with Gasteiger partial charge < -0.3 is 10.5 Å². The number of nitrogen functional groups attached to an aromatic ring is 1. The Morgan fingerprint density at radius 1 is 1.42 bits per heavy atom. The fourth-order valence-electron chi connectivity index (χ4n) is 2.61. The van der Waals surface area contributed by atoms with Crippen LogP contribution in [0.4, 0.5) is 5.82 Å². The van der Waals surface area contributed by atoms with Gasteiger partial charge in [0.2, 0.25) is 0 Å². The second-order valence-corrected chi connectivity index (χ2v) is 5.26. The van der Waals surface area contributed by atoms with E-state index in [1.54, 1.807) is 7.11 Å². The molecule has 1 atom stereocenters. The number of hydrogen-bond donors (Lipinski definition) is 2. The standard InChI is InChI=1S/C15H19N3O/c1-9(10-6-7-10)14-13(15(16)18-17-14)11-4-3-5-12(8-11)19-2/h3-5,8-10H,6-7H2,1-2H3,(H3,16,17,18). The topological polar surface area (TPSA) is 63.9 Å². The predicted molar refractivity (Wildman–Crippen MR) is 76.1 cm³/mol. The van der Waals surface area contributed by atoms with Crippen LogP contribution in [-0.4, -0.2) is 17.3 Å². The van der Waals surface area contributed by atoms with Crippen LogP contribution in [0, 0.1) is 5.92 Å². The molecule has 0 spiro atoms. The fourth-order valence-corrected chi connectivity index (χ4v) is 2.61. The van der Waals surface area contributed by atoms with Crippen LogP contribution < -0.4 is 10.5 Å². The van der Waals surface area contributed by atoms with E-state index in [9.17, 15) is 0 Å². The molecule has 3 rings (SSSR count). The summed E-state index contributed by atoms with van der Waals surface area (Å²) in [6.45, 7) is 2.24. The zero-order valence-electron chi connectivity index (χ0n) is 11.3. The number of rotatable bonds is 4. The lowest BCUT2D eigenvalue weighted by atomic mass is 9.94.